The number of aromatic nitrogens is 1. The molecule has 3 aliphatic rings. The van der Waals surface area contributed by atoms with E-state index in [1.54, 1.807) is 12.1 Å². The highest BCUT2D eigenvalue weighted by atomic mass is 16.5. The molecule has 1 aromatic heterocycles. The highest BCUT2D eigenvalue weighted by Crippen LogP contribution is 2.35. The second kappa shape index (κ2) is 8.23. The van der Waals surface area contributed by atoms with Crippen LogP contribution in [-0.4, -0.2) is 41.2 Å². The summed E-state index contributed by atoms with van der Waals surface area (Å²) in [4.78, 5) is 26.9. The molecule has 1 amide bonds. The maximum absolute atomic E-state index is 12.8. The number of fused-ring (bicyclic) bond motifs is 4. The highest BCUT2D eigenvalue weighted by molar-refractivity contribution is 5.91. The lowest BCUT2D eigenvalue weighted by Gasteiger charge is -2.42. The van der Waals surface area contributed by atoms with Gasteiger partial charge in [-0.3, -0.25) is 9.59 Å². The molecule has 2 fully saturated rings. The summed E-state index contributed by atoms with van der Waals surface area (Å²) in [6, 6.07) is 13.9. The maximum atomic E-state index is 12.8. The predicted octanol–water partition coefficient (Wildman–Crippen LogP) is 3.23. The lowest BCUT2D eigenvalue weighted by Crippen LogP contribution is -2.48. The molecule has 156 valence electrons. The van der Waals surface area contributed by atoms with Crippen LogP contribution in [0.15, 0.2) is 53.3 Å². The molecular formula is C25H28N2O3. The minimum atomic E-state index is 0.0554. The van der Waals surface area contributed by atoms with Crippen LogP contribution in [0.25, 0.3) is 6.08 Å². The number of rotatable bonds is 4. The molecule has 3 unspecified atom stereocenters. The van der Waals surface area contributed by atoms with Crippen LogP contribution < -0.4 is 5.56 Å². The quantitative estimate of drug-likeness (QED) is 0.736. The fraction of sp³-hybridized carbons (Fsp3) is 0.440. The van der Waals surface area contributed by atoms with E-state index in [1.807, 2.05) is 27.7 Å². The topological polar surface area (TPSA) is 51.5 Å². The lowest BCUT2D eigenvalue weighted by atomic mass is 9.83. The van der Waals surface area contributed by atoms with Gasteiger partial charge in [-0.25, -0.2) is 0 Å². The molecule has 0 spiro atoms. The van der Waals surface area contributed by atoms with Crippen molar-refractivity contribution in [2.24, 2.45) is 5.92 Å². The monoisotopic (exact) mass is 404 g/mol. The third-order valence-electron chi connectivity index (χ3n) is 6.68. The summed E-state index contributed by atoms with van der Waals surface area (Å²) < 4.78 is 7.61. The van der Waals surface area contributed by atoms with Gasteiger partial charge in [0.25, 0.3) is 5.56 Å². The molecule has 2 saturated heterocycles. The first-order valence-electron chi connectivity index (χ1n) is 11.0. The standard InChI is InChI=1S/C25H28N2O3/c28-24(11-10-18-6-8-19(9-7-18)14-22-3-2-12-30-22)26-15-20-13-21(17-26)23-4-1-5-25(29)27(23)16-20/h1,4-11,20-22H,2-3,12-17H2. The Hall–Kier alpha value is -2.66. The van der Waals surface area contributed by atoms with Crippen LogP contribution in [0.1, 0.15) is 42.0 Å². The van der Waals surface area contributed by atoms with Gasteiger partial charge >= 0.3 is 0 Å². The van der Waals surface area contributed by atoms with Gasteiger partial charge in [0, 0.05) is 50.0 Å². The van der Waals surface area contributed by atoms with Gasteiger partial charge in [-0.2, -0.15) is 0 Å². The van der Waals surface area contributed by atoms with E-state index in [9.17, 15) is 9.59 Å². The van der Waals surface area contributed by atoms with Crippen LogP contribution >= 0.6 is 0 Å². The molecule has 5 heteroatoms. The van der Waals surface area contributed by atoms with Gasteiger partial charge in [-0.15, -0.1) is 0 Å². The fourth-order valence-corrected chi connectivity index (χ4v) is 5.18. The third kappa shape index (κ3) is 3.99. The summed E-state index contributed by atoms with van der Waals surface area (Å²) in [5.41, 5.74) is 3.46. The van der Waals surface area contributed by atoms with E-state index < -0.39 is 0 Å². The molecule has 1 aromatic carbocycles. The first-order chi connectivity index (χ1) is 14.7. The summed E-state index contributed by atoms with van der Waals surface area (Å²) in [5.74, 6) is 0.659. The van der Waals surface area contributed by atoms with E-state index in [0.29, 0.717) is 25.1 Å². The van der Waals surface area contributed by atoms with Crippen molar-refractivity contribution in [1.29, 1.82) is 0 Å². The number of hydrogen-bond acceptors (Lipinski definition) is 3. The smallest absolute Gasteiger partial charge is 0.250 e. The van der Waals surface area contributed by atoms with Crippen molar-refractivity contribution in [3.8, 4) is 0 Å². The van der Waals surface area contributed by atoms with Crippen molar-refractivity contribution < 1.29 is 9.53 Å². The number of pyridine rings is 1. The average molecular weight is 405 g/mol. The summed E-state index contributed by atoms with van der Waals surface area (Å²) in [6.07, 6.45) is 8.27. The predicted molar refractivity (Wildman–Crippen MR) is 116 cm³/mol. The Kier molecular flexibility index (Phi) is 5.30. The van der Waals surface area contributed by atoms with Crippen LogP contribution in [0.4, 0.5) is 0 Å². The van der Waals surface area contributed by atoms with Gasteiger partial charge in [0.1, 0.15) is 0 Å². The molecule has 0 saturated carbocycles. The van der Waals surface area contributed by atoms with Gasteiger partial charge in [0.15, 0.2) is 0 Å². The second-order valence-corrected chi connectivity index (χ2v) is 8.86. The Morgan fingerprint density at radius 3 is 2.77 bits per heavy atom. The zero-order valence-electron chi connectivity index (χ0n) is 17.2. The average Bonchev–Trinajstić information content (AvgIpc) is 3.27. The SMILES string of the molecule is O=C(C=Cc1ccc(CC2CCCO2)cc1)N1CC2CC(C1)c1cccc(=O)n1C2. The summed E-state index contributed by atoms with van der Waals surface area (Å²) in [5, 5.41) is 0. The van der Waals surface area contributed by atoms with Gasteiger partial charge in [0.2, 0.25) is 5.91 Å². The Morgan fingerprint density at radius 2 is 1.97 bits per heavy atom. The zero-order chi connectivity index (χ0) is 20.5. The number of nitrogens with zero attached hydrogens (tertiary/aromatic N) is 2. The Morgan fingerprint density at radius 1 is 1.10 bits per heavy atom. The highest BCUT2D eigenvalue weighted by Gasteiger charge is 2.35. The Labute approximate surface area is 177 Å². The zero-order valence-corrected chi connectivity index (χ0v) is 17.2. The molecule has 0 N–H and O–H groups in total. The molecule has 0 aliphatic carbocycles. The van der Waals surface area contributed by atoms with Gasteiger partial charge in [0.05, 0.1) is 6.10 Å². The van der Waals surface area contributed by atoms with Crippen molar-refractivity contribution in [3.63, 3.8) is 0 Å². The molecule has 2 bridgehead atoms. The van der Waals surface area contributed by atoms with E-state index in [4.69, 9.17) is 4.74 Å². The van der Waals surface area contributed by atoms with Crippen molar-refractivity contribution in [1.82, 2.24) is 9.47 Å². The number of benzene rings is 1. The maximum Gasteiger partial charge on any atom is 0.250 e. The van der Waals surface area contributed by atoms with Crippen LogP contribution in [0.5, 0.6) is 0 Å². The number of carbonyl (C=O) groups excluding carboxylic acids is 1. The molecular weight excluding hydrogens is 376 g/mol. The Bertz CT molecular complexity index is 1000. The van der Waals surface area contributed by atoms with Gasteiger partial charge in [-0.05, 0) is 54.9 Å². The molecule has 4 heterocycles. The van der Waals surface area contributed by atoms with Crippen LogP contribution in [0, 0.1) is 5.92 Å². The summed E-state index contributed by atoms with van der Waals surface area (Å²) >= 11 is 0. The minimum Gasteiger partial charge on any atom is -0.378 e. The number of likely N-dealkylation sites (tertiary alicyclic amines) is 1. The van der Waals surface area contributed by atoms with E-state index in [1.165, 1.54) is 5.56 Å². The van der Waals surface area contributed by atoms with Crippen molar-refractivity contribution in [3.05, 3.63) is 75.7 Å². The number of hydrogen-bond donors (Lipinski definition) is 0. The first kappa shape index (κ1) is 19.3. The van der Waals surface area contributed by atoms with Crippen LogP contribution in [0.3, 0.4) is 0 Å². The van der Waals surface area contributed by atoms with E-state index >= 15 is 0 Å². The summed E-state index contributed by atoms with van der Waals surface area (Å²) in [6.45, 7) is 3.00. The van der Waals surface area contributed by atoms with Crippen molar-refractivity contribution in [2.75, 3.05) is 19.7 Å². The van der Waals surface area contributed by atoms with E-state index in [2.05, 4.69) is 24.3 Å². The fourth-order valence-electron chi connectivity index (χ4n) is 5.18. The largest absolute Gasteiger partial charge is 0.378 e. The third-order valence-corrected chi connectivity index (χ3v) is 6.68. The number of carbonyl (C=O) groups is 1. The first-order valence-corrected chi connectivity index (χ1v) is 11.0. The normalized spacial score (nSPS) is 25.5. The van der Waals surface area contributed by atoms with Crippen LogP contribution in [-0.2, 0) is 22.5 Å². The lowest BCUT2D eigenvalue weighted by molar-refractivity contribution is -0.128. The Balaban J connectivity index is 1.22. The van der Waals surface area contributed by atoms with Gasteiger partial charge in [-0.1, -0.05) is 30.3 Å². The number of ether oxygens (including phenoxy) is 1. The van der Waals surface area contributed by atoms with Crippen LogP contribution in [0.2, 0.25) is 0 Å². The second-order valence-electron chi connectivity index (χ2n) is 8.86. The number of amides is 1. The molecule has 0 radical (unpaired) electrons. The van der Waals surface area contributed by atoms with Crippen molar-refractivity contribution in [2.45, 2.75) is 44.2 Å². The summed E-state index contributed by atoms with van der Waals surface area (Å²) in [7, 11) is 0. The number of piperidine rings is 1. The van der Waals surface area contributed by atoms with E-state index in [-0.39, 0.29) is 17.4 Å². The van der Waals surface area contributed by atoms with E-state index in [0.717, 1.165) is 50.1 Å². The van der Waals surface area contributed by atoms with Gasteiger partial charge < -0.3 is 14.2 Å². The minimum absolute atomic E-state index is 0.0554. The molecule has 5 rings (SSSR count). The van der Waals surface area contributed by atoms with Crippen molar-refractivity contribution >= 4 is 12.0 Å². The molecule has 30 heavy (non-hydrogen) atoms. The molecule has 3 aliphatic heterocycles. The molecule has 2 aromatic rings. The molecule has 5 nitrogen and oxygen atoms in total. The molecule has 3 atom stereocenters.